The molecule has 20 heavy (non-hydrogen) atoms. The molecule has 0 amide bonds. The SMILES string of the molecule is N#CCc1ccc(Oc2ccc(CBr)cc2C#N)cc1. The van der Waals surface area contributed by atoms with Crippen molar-refractivity contribution in [3.05, 3.63) is 59.2 Å². The van der Waals surface area contributed by atoms with E-state index in [0.717, 1.165) is 11.1 Å². The molecule has 0 aliphatic rings. The van der Waals surface area contributed by atoms with Crippen molar-refractivity contribution >= 4 is 15.9 Å². The third-order valence-electron chi connectivity index (χ3n) is 2.75. The van der Waals surface area contributed by atoms with E-state index in [1.165, 1.54) is 0 Å². The lowest BCUT2D eigenvalue weighted by Gasteiger charge is -2.08. The number of nitriles is 2. The molecule has 0 aliphatic carbocycles. The summed E-state index contributed by atoms with van der Waals surface area (Å²) in [6, 6.07) is 17.0. The monoisotopic (exact) mass is 326 g/mol. The van der Waals surface area contributed by atoms with E-state index >= 15 is 0 Å². The van der Waals surface area contributed by atoms with Crippen LogP contribution in [0.25, 0.3) is 0 Å². The van der Waals surface area contributed by atoms with Crippen LogP contribution in [0.15, 0.2) is 42.5 Å². The topological polar surface area (TPSA) is 56.8 Å². The summed E-state index contributed by atoms with van der Waals surface area (Å²) in [5.74, 6) is 1.18. The number of benzene rings is 2. The Labute approximate surface area is 126 Å². The summed E-state index contributed by atoms with van der Waals surface area (Å²) in [7, 11) is 0. The zero-order chi connectivity index (χ0) is 14.4. The van der Waals surface area contributed by atoms with Crippen molar-refractivity contribution in [3.8, 4) is 23.6 Å². The fourth-order valence-electron chi connectivity index (χ4n) is 1.73. The van der Waals surface area contributed by atoms with Gasteiger partial charge in [-0.25, -0.2) is 0 Å². The Kier molecular flexibility index (Phi) is 4.76. The van der Waals surface area contributed by atoms with E-state index in [2.05, 4.69) is 28.1 Å². The molecule has 0 fully saturated rings. The molecule has 0 spiro atoms. The Morgan fingerprint density at radius 1 is 1.00 bits per heavy atom. The van der Waals surface area contributed by atoms with Crippen LogP contribution < -0.4 is 4.74 Å². The zero-order valence-electron chi connectivity index (χ0n) is 10.6. The predicted molar refractivity (Wildman–Crippen MR) is 79.6 cm³/mol. The van der Waals surface area contributed by atoms with Crippen molar-refractivity contribution in [2.75, 3.05) is 0 Å². The van der Waals surface area contributed by atoms with E-state index in [0.29, 0.717) is 28.8 Å². The standard InChI is InChI=1S/C16H11BrN2O/c17-10-13-3-6-16(14(9-13)11-19)20-15-4-1-12(2-5-15)7-8-18/h1-6,9H,7,10H2. The Balaban J connectivity index is 2.22. The largest absolute Gasteiger partial charge is 0.456 e. The van der Waals surface area contributed by atoms with Crippen molar-refractivity contribution in [3.63, 3.8) is 0 Å². The van der Waals surface area contributed by atoms with E-state index < -0.39 is 0 Å². The molecule has 2 rings (SSSR count). The second-order valence-corrected chi connectivity index (χ2v) is 4.72. The molecule has 0 atom stereocenters. The van der Waals surface area contributed by atoms with E-state index in [1.54, 1.807) is 24.3 Å². The van der Waals surface area contributed by atoms with Gasteiger partial charge in [-0.3, -0.25) is 0 Å². The zero-order valence-corrected chi connectivity index (χ0v) is 12.2. The second kappa shape index (κ2) is 6.75. The molecule has 2 aromatic rings. The molecule has 0 bridgehead atoms. The van der Waals surface area contributed by atoms with Crippen LogP contribution in [0, 0.1) is 22.7 Å². The van der Waals surface area contributed by atoms with Gasteiger partial charge in [-0.05, 0) is 35.4 Å². The highest BCUT2D eigenvalue weighted by Crippen LogP contribution is 2.26. The predicted octanol–water partition coefficient (Wildman–Crippen LogP) is 4.31. The molecule has 0 radical (unpaired) electrons. The summed E-state index contributed by atoms with van der Waals surface area (Å²) in [5.41, 5.74) is 2.47. The summed E-state index contributed by atoms with van der Waals surface area (Å²) in [4.78, 5) is 0. The lowest BCUT2D eigenvalue weighted by molar-refractivity contribution is 0.481. The summed E-state index contributed by atoms with van der Waals surface area (Å²) >= 11 is 3.36. The normalized spacial score (nSPS) is 9.55. The minimum Gasteiger partial charge on any atom is -0.456 e. The Hall–Kier alpha value is -2.30. The average Bonchev–Trinajstić information content (AvgIpc) is 2.50. The quantitative estimate of drug-likeness (QED) is 0.786. The summed E-state index contributed by atoms with van der Waals surface area (Å²) in [6.45, 7) is 0. The van der Waals surface area contributed by atoms with Gasteiger partial charge in [-0.15, -0.1) is 0 Å². The van der Waals surface area contributed by atoms with E-state index in [4.69, 9.17) is 15.3 Å². The van der Waals surface area contributed by atoms with Gasteiger partial charge >= 0.3 is 0 Å². The number of nitrogens with zero attached hydrogens (tertiary/aromatic N) is 2. The minimum atomic E-state index is 0.379. The lowest BCUT2D eigenvalue weighted by Crippen LogP contribution is -1.90. The highest BCUT2D eigenvalue weighted by Gasteiger charge is 2.06. The number of hydrogen-bond acceptors (Lipinski definition) is 3. The maximum Gasteiger partial charge on any atom is 0.145 e. The third kappa shape index (κ3) is 3.38. The van der Waals surface area contributed by atoms with Gasteiger partial charge in [0.2, 0.25) is 0 Å². The van der Waals surface area contributed by atoms with E-state index in [1.807, 2.05) is 18.2 Å². The Morgan fingerprint density at radius 3 is 2.30 bits per heavy atom. The number of rotatable bonds is 4. The molecular weight excluding hydrogens is 316 g/mol. The molecular formula is C16H11BrN2O. The number of halogens is 1. The maximum atomic E-state index is 9.15. The smallest absolute Gasteiger partial charge is 0.145 e. The fourth-order valence-corrected chi connectivity index (χ4v) is 2.08. The van der Waals surface area contributed by atoms with Crippen LogP contribution in [0.5, 0.6) is 11.5 Å². The van der Waals surface area contributed by atoms with Crippen molar-refractivity contribution in [1.82, 2.24) is 0 Å². The van der Waals surface area contributed by atoms with Gasteiger partial charge in [0.15, 0.2) is 0 Å². The molecule has 0 N–H and O–H groups in total. The van der Waals surface area contributed by atoms with Gasteiger partial charge in [0.1, 0.15) is 17.6 Å². The first-order valence-electron chi connectivity index (χ1n) is 5.99. The first kappa shape index (κ1) is 14.1. The van der Waals surface area contributed by atoms with Crippen LogP contribution in [0.3, 0.4) is 0 Å². The molecule has 4 heteroatoms. The van der Waals surface area contributed by atoms with Crippen LogP contribution in [0.4, 0.5) is 0 Å². The van der Waals surface area contributed by atoms with Gasteiger partial charge in [0.25, 0.3) is 0 Å². The van der Waals surface area contributed by atoms with Crippen LogP contribution in [0.1, 0.15) is 16.7 Å². The van der Waals surface area contributed by atoms with Gasteiger partial charge in [-0.1, -0.05) is 34.1 Å². The van der Waals surface area contributed by atoms with Crippen LogP contribution in [0.2, 0.25) is 0 Å². The molecule has 0 unspecified atom stereocenters. The van der Waals surface area contributed by atoms with Gasteiger partial charge in [0.05, 0.1) is 18.1 Å². The highest BCUT2D eigenvalue weighted by atomic mass is 79.9. The molecule has 0 aromatic heterocycles. The van der Waals surface area contributed by atoms with Crippen molar-refractivity contribution in [2.45, 2.75) is 11.8 Å². The molecule has 98 valence electrons. The average molecular weight is 327 g/mol. The number of alkyl halides is 1. The van der Waals surface area contributed by atoms with Crippen molar-refractivity contribution in [1.29, 1.82) is 10.5 Å². The molecule has 0 saturated heterocycles. The van der Waals surface area contributed by atoms with Gasteiger partial charge < -0.3 is 4.74 Å². The summed E-state index contributed by atoms with van der Waals surface area (Å²) in [5, 5.41) is 18.5. The van der Waals surface area contributed by atoms with E-state index in [-0.39, 0.29) is 0 Å². The van der Waals surface area contributed by atoms with Crippen LogP contribution in [-0.2, 0) is 11.8 Å². The number of ether oxygens (including phenoxy) is 1. The van der Waals surface area contributed by atoms with Gasteiger partial charge in [0, 0.05) is 5.33 Å². The first-order valence-corrected chi connectivity index (χ1v) is 7.11. The summed E-state index contributed by atoms with van der Waals surface area (Å²) in [6.07, 6.45) is 0.379. The first-order chi connectivity index (χ1) is 9.76. The highest BCUT2D eigenvalue weighted by molar-refractivity contribution is 9.08. The lowest BCUT2D eigenvalue weighted by atomic mass is 10.1. The molecule has 0 heterocycles. The maximum absolute atomic E-state index is 9.15. The fraction of sp³-hybridized carbons (Fsp3) is 0.125. The molecule has 2 aromatic carbocycles. The van der Waals surface area contributed by atoms with E-state index in [9.17, 15) is 0 Å². The second-order valence-electron chi connectivity index (χ2n) is 4.16. The molecule has 3 nitrogen and oxygen atoms in total. The van der Waals surface area contributed by atoms with Crippen molar-refractivity contribution < 1.29 is 4.74 Å². The Bertz CT molecular complexity index is 681. The van der Waals surface area contributed by atoms with Crippen LogP contribution >= 0.6 is 15.9 Å². The molecule has 0 saturated carbocycles. The Morgan fingerprint density at radius 2 is 1.70 bits per heavy atom. The van der Waals surface area contributed by atoms with Crippen molar-refractivity contribution in [2.24, 2.45) is 0 Å². The minimum absolute atomic E-state index is 0.379. The molecule has 0 aliphatic heterocycles. The summed E-state index contributed by atoms with van der Waals surface area (Å²) < 4.78 is 5.71. The van der Waals surface area contributed by atoms with Crippen LogP contribution in [-0.4, -0.2) is 0 Å². The third-order valence-corrected chi connectivity index (χ3v) is 3.40. The van der Waals surface area contributed by atoms with Gasteiger partial charge in [-0.2, -0.15) is 10.5 Å². The number of hydrogen-bond donors (Lipinski definition) is 0.